The molecule has 0 radical (unpaired) electrons. The Morgan fingerprint density at radius 1 is 1.25 bits per heavy atom. The summed E-state index contributed by atoms with van der Waals surface area (Å²) < 4.78 is 5.19. The Morgan fingerprint density at radius 2 is 1.81 bits per heavy atom. The van der Waals surface area contributed by atoms with Crippen molar-refractivity contribution in [2.24, 2.45) is 5.41 Å². The van der Waals surface area contributed by atoms with E-state index in [1.165, 1.54) is 0 Å². The molecular formula is C12H26N2O2. The third-order valence-electron chi connectivity index (χ3n) is 2.63. The predicted molar refractivity (Wildman–Crippen MR) is 66.4 cm³/mol. The van der Waals surface area contributed by atoms with Gasteiger partial charge in [0, 0.05) is 31.7 Å². The fraction of sp³-hybridized carbons (Fsp3) is 0.917. The molecule has 0 aromatic carbocycles. The van der Waals surface area contributed by atoms with Gasteiger partial charge in [-0.2, -0.15) is 0 Å². The first-order valence-electron chi connectivity index (χ1n) is 5.83. The van der Waals surface area contributed by atoms with Crippen LogP contribution in [-0.4, -0.2) is 38.3 Å². The summed E-state index contributed by atoms with van der Waals surface area (Å²) in [5.41, 5.74) is -0.314. The largest absolute Gasteiger partial charge is 0.380 e. The fourth-order valence-corrected chi connectivity index (χ4v) is 1.11. The van der Waals surface area contributed by atoms with Crippen LogP contribution in [0.4, 0.5) is 0 Å². The van der Waals surface area contributed by atoms with Crippen LogP contribution >= 0.6 is 0 Å². The molecule has 2 unspecified atom stereocenters. The predicted octanol–water partition coefficient (Wildman–Crippen LogP) is 1.16. The fourth-order valence-electron chi connectivity index (χ4n) is 1.11. The highest BCUT2D eigenvalue weighted by Gasteiger charge is 2.20. The lowest BCUT2D eigenvalue weighted by Gasteiger charge is -2.21. The Balaban J connectivity index is 3.65. The number of carbonyl (C=O) groups is 1. The highest BCUT2D eigenvalue weighted by atomic mass is 16.5. The Bertz CT molecular complexity index is 212. The minimum Gasteiger partial charge on any atom is -0.380 e. The Hall–Kier alpha value is -0.610. The van der Waals surface area contributed by atoms with Crippen molar-refractivity contribution in [3.05, 3.63) is 0 Å². The Labute approximate surface area is 99.1 Å². The quantitative estimate of drug-likeness (QED) is 0.673. The number of hydrogen-bond donors (Lipinski definition) is 2. The van der Waals surface area contributed by atoms with E-state index in [0.29, 0.717) is 6.54 Å². The van der Waals surface area contributed by atoms with Crippen molar-refractivity contribution in [2.45, 2.75) is 46.8 Å². The zero-order valence-electron chi connectivity index (χ0n) is 11.4. The van der Waals surface area contributed by atoms with Crippen molar-refractivity contribution >= 4 is 5.91 Å². The van der Waals surface area contributed by atoms with Gasteiger partial charge in [0.2, 0.25) is 5.91 Å². The van der Waals surface area contributed by atoms with Crippen LogP contribution in [0.25, 0.3) is 0 Å². The number of carbonyl (C=O) groups excluding carboxylic acids is 1. The third kappa shape index (κ3) is 6.08. The van der Waals surface area contributed by atoms with Gasteiger partial charge in [-0.3, -0.25) is 4.79 Å². The third-order valence-corrected chi connectivity index (χ3v) is 2.63. The number of nitrogens with one attached hydrogen (secondary N) is 2. The maximum absolute atomic E-state index is 11.5. The maximum Gasteiger partial charge on any atom is 0.225 e. The molecule has 0 bridgehead atoms. The molecule has 2 atom stereocenters. The zero-order chi connectivity index (χ0) is 12.8. The van der Waals surface area contributed by atoms with Gasteiger partial charge in [0.25, 0.3) is 0 Å². The lowest BCUT2D eigenvalue weighted by molar-refractivity contribution is -0.128. The van der Waals surface area contributed by atoms with Crippen LogP contribution < -0.4 is 10.6 Å². The number of rotatable bonds is 6. The maximum atomic E-state index is 11.5. The summed E-state index contributed by atoms with van der Waals surface area (Å²) in [6.45, 7) is 11.2. The average Bonchev–Trinajstić information content (AvgIpc) is 2.20. The molecule has 16 heavy (non-hydrogen) atoms. The zero-order valence-corrected chi connectivity index (χ0v) is 11.4. The molecule has 4 nitrogen and oxygen atoms in total. The van der Waals surface area contributed by atoms with Gasteiger partial charge in [0.1, 0.15) is 0 Å². The van der Waals surface area contributed by atoms with Crippen LogP contribution in [0.3, 0.4) is 0 Å². The molecule has 0 aliphatic rings. The van der Waals surface area contributed by atoms with Gasteiger partial charge in [-0.15, -0.1) is 0 Å². The van der Waals surface area contributed by atoms with Crippen molar-refractivity contribution in [3.63, 3.8) is 0 Å². The molecule has 0 aliphatic heterocycles. The average molecular weight is 230 g/mol. The highest BCUT2D eigenvalue weighted by molar-refractivity contribution is 5.81. The smallest absolute Gasteiger partial charge is 0.225 e. The van der Waals surface area contributed by atoms with Crippen LogP contribution in [0.5, 0.6) is 0 Å². The molecule has 0 aliphatic carbocycles. The molecule has 0 rings (SSSR count). The second kappa shape index (κ2) is 6.86. The van der Waals surface area contributed by atoms with E-state index in [2.05, 4.69) is 17.6 Å². The van der Waals surface area contributed by atoms with Crippen LogP contribution in [-0.2, 0) is 9.53 Å². The Morgan fingerprint density at radius 3 is 2.25 bits per heavy atom. The SMILES string of the molecule is COC(C)C(C)NCCNC(=O)C(C)(C)C. The number of ether oxygens (including phenoxy) is 1. The van der Waals surface area contributed by atoms with Gasteiger partial charge in [0.15, 0.2) is 0 Å². The first-order valence-corrected chi connectivity index (χ1v) is 5.83. The molecule has 0 fully saturated rings. The first-order chi connectivity index (χ1) is 7.29. The normalized spacial score (nSPS) is 15.6. The van der Waals surface area contributed by atoms with E-state index in [4.69, 9.17) is 4.74 Å². The molecule has 96 valence electrons. The summed E-state index contributed by atoms with van der Waals surface area (Å²) in [6.07, 6.45) is 0.179. The van der Waals surface area contributed by atoms with Crippen LogP contribution in [0.15, 0.2) is 0 Å². The monoisotopic (exact) mass is 230 g/mol. The molecule has 0 spiro atoms. The van der Waals surface area contributed by atoms with Gasteiger partial charge in [0.05, 0.1) is 6.10 Å². The standard InChI is InChI=1S/C12H26N2O2/c1-9(10(2)16-6)13-7-8-14-11(15)12(3,4)5/h9-10,13H,7-8H2,1-6H3,(H,14,15). The van der Waals surface area contributed by atoms with Crippen LogP contribution in [0.2, 0.25) is 0 Å². The molecule has 0 saturated heterocycles. The minimum absolute atomic E-state index is 0.0849. The molecular weight excluding hydrogens is 204 g/mol. The number of methoxy groups -OCH3 is 1. The van der Waals surface area contributed by atoms with E-state index in [0.717, 1.165) is 6.54 Å². The molecule has 1 amide bonds. The van der Waals surface area contributed by atoms with E-state index in [9.17, 15) is 4.79 Å². The molecule has 0 heterocycles. The molecule has 0 saturated carbocycles. The molecule has 0 aromatic rings. The van der Waals surface area contributed by atoms with Gasteiger partial charge in [-0.1, -0.05) is 20.8 Å². The molecule has 2 N–H and O–H groups in total. The molecule has 4 heteroatoms. The van der Waals surface area contributed by atoms with Crippen LogP contribution in [0, 0.1) is 5.41 Å². The first kappa shape index (κ1) is 15.4. The number of amides is 1. The van der Waals surface area contributed by atoms with E-state index in [1.807, 2.05) is 27.7 Å². The summed E-state index contributed by atoms with van der Waals surface area (Å²) in [5.74, 6) is 0.0849. The van der Waals surface area contributed by atoms with Crippen molar-refractivity contribution in [3.8, 4) is 0 Å². The lowest BCUT2D eigenvalue weighted by atomic mass is 9.96. The summed E-state index contributed by atoms with van der Waals surface area (Å²) >= 11 is 0. The van der Waals surface area contributed by atoms with Crippen molar-refractivity contribution < 1.29 is 9.53 Å². The highest BCUT2D eigenvalue weighted by Crippen LogP contribution is 2.11. The van der Waals surface area contributed by atoms with E-state index < -0.39 is 0 Å². The summed E-state index contributed by atoms with van der Waals surface area (Å²) in [4.78, 5) is 11.5. The minimum atomic E-state index is -0.314. The molecule has 0 aromatic heterocycles. The van der Waals surface area contributed by atoms with Gasteiger partial charge < -0.3 is 15.4 Å². The van der Waals surface area contributed by atoms with Crippen LogP contribution in [0.1, 0.15) is 34.6 Å². The lowest BCUT2D eigenvalue weighted by Crippen LogP contribution is -2.43. The number of hydrogen-bond acceptors (Lipinski definition) is 3. The second-order valence-electron chi connectivity index (χ2n) is 5.19. The van der Waals surface area contributed by atoms with Crippen molar-refractivity contribution in [2.75, 3.05) is 20.2 Å². The van der Waals surface area contributed by atoms with Crippen molar-refractivity contribution in [1.29, 1.82) is 0 Å². The van der Waals surface area contributed by atoms with Crippen molar-refractivity contribution in [1.82, 2.24) is 10.6 Å². The Kier molecular flexibility index (Phi) is 6.60. The van der Waals surface area contributed by atoms with E-state index in [-0.39, 0.29) is 23.5 Å². The van der Waals surface area contributed by atoms with Gasteiger partial charge in [-0.05, 0) is 13.8 Å². The summed E-state index contributed by atoms with van der Waals surface area (Å²) in [6, 6.07) is 0.288. The van der Waals surface area contributed by atoms with Gasteiger partial charge >= 0.3 is 0 Å². The van der Waals surface area contributed by atoms with Gasteiger partial charge in [-0.25, -0.2) is 0 Å². The summed E-state index contributed by atoms with van der Waals surface area (Å²) in [5, 5.41) is 6.19. The van der Waals surface area contributed by atoms with E-state index in [1.54, 1.807) is 7.11 Å². The summed E-state index contributed by atoms with van der Waals surface area (Å²) in [7, 11) is 1.70. The second-order valence-corrected chi connectivity index (χ2v) is 5.19. The topological polar surface area (TPSA) is 50.4 Å². The van der Waals surface area contributed by atoms with E-state index >= 15 is 0 Å².